The van der Waals surface area contributed by atoms with Crippen LogP contribution < -0.4 is 0 Å². The van der Waals surface area contributed by atoms with Crippen molar-refractivity contribution in [1.82, 2.24) is 4.98 Å². The number of methoxy groups -OCH3 is 1. The van der Waals surface area contributed by atoms with Gasteiger partial charge in [0.25, 0.3) is 0 Å². The largest absolute Gasteiger partial charge is 0.465 e. The molecule has 0 unspecified atom stereocenters. The lowest BCUT2D eigenvalue weighted by atomic mass is 9.72. The second kappa shape index (κ2) is 5.23. The Bertz CT molecular complexity index is 579. The van der Waals surface area contributed by atoms with E-state index in [9.17, 15) is 9.59 Å². The molecule has 0 amide bonds. The first-order valence-electron chi connectivity index (χ1n) is 5.36. The molecule has 0 atom stereocenters. The van der Waals surface area contributed by atoms with Crippen LogP contribution in [-0.2, 0) is 4.74 Å². The van der Waals surface area contributed by atoms with E-state index in [1.165, 1.54) is 13.2 Å². The molecule has 90 valence electrons. The summed E-state index contributed by atoms with van der Waals surface area (Å²) < 4.78 is 4.61. The van der Waals surface area contributed by atoms with Crippen LogP contribution in [0.3, 0.4) is 0 Å². The third-order valence-electron chi connectivity index (χ3n) is 2.44. The molecule has 0 bridgehead atoms. The van der Waals surface area contributed by atoms with Crippen LogP contribution in [0.5, 0.6) is 0 Å². The van der Waals surface area contributed by atoms with Crippen molar-refractivity contribution in [3.8, 4) is 0 Å². The molecule has 4 nitrogen and oxygen atoms in total. The van der Waals surface area contributed by atoms with Crippen LogP contribution >= 0.6 is 0 Å². The number of hydrogen-bond acceptors (Lipinski definition) is 4. The summed E-state index contributed by atoms with van der Waals surface area (Å²) in [5.41, 5.74) is 1.11. The lowest BCUT2D eigenvalue weighted by Crippen LogP contribution is -2.06. The Balaban J connectivity index is 2.35. The summed E-state index contributed by atoms with van der Waals surface area (Å²) in [6.45, 7) is 0. The summed E-state index contributed by atoms with van der Waals surface area (Å²) in [4.78, 5) is 27.5. The van der Waals surface area contributed by atoms with Crippen LogP contribution in [0.2, 0.25) is 0 Å². The van der Waals surface area contributed by atoms with Gasteiger partial charge in [0.05, 0.1) is 12.7 Å². The summed E-state index contributed by atoms with van der Waals surface area (Å²) in [6.07, 6.45) is 1.55. The summed E-state index contributed by atoms with van der Waals surface area (Å²) in [5, 5.41) is 0. The Morgan fingerprint density at radius 2 is 1.83 bits per heavy atom. The van der Waals surface area contributed by atoms with Crippen LogP contribution in [0.15, 0.2) is 48.7 Å². The van der Waals surface area contributed by atoms with E-state index in [4.69, 9.17) is 0 Å². The Kier molecular flexibility index (Phi) is 3.48. The fraction of sp³-hybridized carbons (Fsp3) is 0.0714. The summed E-state index contributed by atoms with van der Waals surface area (Å²) in [6, 6.07) is 11.5. The van der Waals surface area contributed by atoms with E-state index in [1.807, 2.05) is 0 Å². The number of carbonyl (C=O) groups excluding carboxylic acids is 2. The molecule has 18 heavy (non-hydrogen) atoms. The molecule has 0 aliphatic rings. The van der Waals surface area contributed by atoms with Gasteiger partial charge in [0, 0.05) is 11.8 Å². The van der Waals surface area contributed by atoms with Crippen LogP contribution in [0.25, 0.3) is 0 Å². The Labute approximate surface area is 104 Å². The topological polar surface area (TPSA) is 56.3 Å². The van der Waals surface area contributed by atoms with Gasteiger partial charge in [-0.3, -0.25) is 9.78 Å². The average Bonchev–Trinajstić information content (AvgIpc) is 2.46. The zero-order chi connectivity index (χ0) is 13.0. The smallest absolute Gasteiger partial charge is 0.337 e. The van der Waals surface area contributed by atoms with E-state index >= 15 is 0 Å². The minimum absolute atomic E-state index is 0.221. The molecule has 1 aromatic heterocycles. The van der Waals surface area contributed by atoms with E-state index in [0.717, 1.165) is 0 Å². The summed E-state index contributed by atoms with van der Waals surface area (Å²) in [5.74, 6) is -0.688. The SMILES string of the molecule is COC(=O)c1cccc([11C](=O)c2ccccn2)c1. The number of nitrogens with zero attached hydrogens (tertiary/aromatic N) is 1. The van der Waals surface area contributed by atoms with E-state index < -0.39 is 5.97 Å². The van der Waals surface area contributed by atoms with Crippen LogP contribution in [-0.4, -0.2) is 23.8 Å². The summed E-state index contributed by atoms with van der Waals surface area (Å²) >= 11 is 0. The molecule has 0 spiro atoms. The van der Waals surface area contributed by atoms with Gasteiger partial charge in [-0.25, -0.2) is 4.79 Å². The Morgan fingerprint density at radius 1 is 1.06 bits per heavy atom. The lowest BCUT2D eigenvalue weighted by molar-refractivity contribution is 0.0600. The predicted molar refractivity (Wildman–Crippen MR) is 65.5 cm³/mol. The molecular weight excluding hydrogens is 229 g/mol. The molecule has 2 aromatic rings. The highest BCUT2D eigenvalue weighted by Crippen LogP contribution is 2.11. The first kappa shape index (κ1) is 12.0. The van der Waals surface area contributed by atoms with Gasteiger partial charge in [0.15, 0.2) is 0 Å². The first-order chi connectivity index (χ1) is 8.72. The number of ketones is 1. The minimum atomic E-state index is -0.467. The van der Waals surface area contributed by atoms with E-state index in [1.54, 1.807) is 42.6 Å². The third kappa shape index (κ3) is 2.43. The highest BCUT2D eigenvalue weighted by molar-refractivity contribution is 6.08. The van der Waals surface area contributed by atoms with Gasteiger partial charge in [-0.2, -0.15) is 0 Å². The maximum absolute atomic E-state index is 12.1. The third-order valence-corrected chi connectivity index (χ3v) is 2.44. The normalized spacial score (nSPS) is 9.83. The highest BCUT2D eigenvalue weighted by Gasteiger charge is 2.12. The average molecular weight is 240 g/mol. The van der Waals surface area contributed by atoms with E-state index in [-0.39, 0.29) is 5.78 Å². The van der Waals surface area contributed by atoms with Gasteiger partial charge in [-0.05, 0) is 24.3 Å². The van der Waals surface area contributed by atoms with Crippen molar-refractivity contribution in [2.75, 3.05) is 7.11 Å². The van der Waals surface area contributed by atoms with Crippen molar-refractivity contribution in [2.24, 2.45) is 0 Å². The zero-order valence-electron chi connectivity index (χ0n) is 9.79. The Hall–Kier alpha value is -2.49. The number of hydrogen-bond donors (Lipinski definition) is 0. The fourth-order valence-electron chi connectivity index (χ4n) is 1.55. The lowest BCUT2D eigenvalue weighted by Gasteiger charge is -2.03. The minimum Gasteiger partial charge on any atom is -0.465 e. The molecule has 2 rings (SSSR count). The fourth-order valence-corrected chi connectivity index (χ4v) is 1.55. The van der Waals surface area contributed by atoms with Gasteiger partial charge in [0.2, 0.25) is 5.78 Å². The van der Waals surface area contributed by atoms with Gasteiger partial charge >= 0.3 is 5.97 Å². The molecule has 0 radical (unpaired) electrons. The van der Waals surface area contributed by atoms with Gasteiger partial charge < -0.3 is 4.74 Å². The molecule has 0 saturated heterocycles. The monoisotopic (exact) mass is 240 g/mol. The number of rotatable bonds is 3. The number of benzene rings is 1. The molecule has 0 aliphatic heterocycles. The predicted octanol–water partition coefficient (Wildman–Crippen LogP) is 2.10. The molecule has 4 heteroatoms. The first-order valence-corrected chi connectivity index (χ1v) is 5.36. The maximum Gasteiger partial charge on any atom is 0.337 e. The van der Waals surface area contributed by atoms with Crippen molar-refractivity contribution < 1.29 is 14.3 Å². The summed E-state index contributed by atoms with van der Waals surface area (Å²) in [7, 11) is 1.30. The maximum atomic E-state index is 12.1. The van der Waals surface area contributed by atoms with Crippen LogP contribution in [0.4, 0.5) is 0 Å². The standard InChI is InChI=1S/C14H11NO3/c1-18-14(17)11-6-4-5-10(9-11)13(16)12-7-2-3-8-15-12/h2-9H,1H3/i13-1. The van der Waals surface area contributed by atoms with Crippen LogP contribution in [0, 0.1) is 0 Å². The number of ether oxygens (including phenoxy) is 1. The van der Waals surface area contributed by atoms with Gasteiger partial charge in [-0.1, -0.05) is 18.2 Å². The van der Waals surface area contributed by atoms with Crippen molar-refractivity contribution in [3.05, 3.63) is 65.5 Å². The highest BCUT2D eigenvalue weighted by atomic mass is 16.5. The molecular formula is C14H11NO3. The molecule has 1 aromatic carbocycles. The van der Waals surface area contributed by atoms with Crippen LogP contribution in [0.1, 0.15) is 26.4 Å². The zero-order valence-corrected chi connectivity index (χ0v) is 9.79. The number of carbonyl (C=O) groups is 2. The van der Waals surface area contributed by atoms with E-state index in [0.29, 0.717) is 16.8 Å². The quantitative estimate of drug-likeness (QED) is 0.609. The molecule has 0 aliphatic carbocycles. The molecule has 0 fully saturated rings. The van der Waals surface area contributed by atoms with Crippen molar-refractivity contribution in [2.45, 2.75) is 0 Å². The number of aromatic nitrogens is 1. The van der Waals surface area contributed by atoms with Crippen molar-refractivity contribution >= 4 is 11.8 Å². The van der Waals surface area contributed by atoms with Crippen molar-refractivity contribution in [1.29, 1.82) is 0 Å². The molecule has 0 saturated carbocycles. The van der Waals surface area contributed by atoms with Gasteiger partial charge in [0.1, 0.15) is 5.69 Å². The number of pyridine rings is 1. The Morgan fingerprint density at radius 3 is 2.50 bits per heavy atom. The second-order valence-electron chi connectivity index (χ2n) is 3.62. The molecule has 1 heterocycles. The van der Waals surface area contributed by atoms with Gasteiger partial charge in [-0.15, -0.1) is 0 Å². The number of esters is 1. The van der Waals surface area contributed by atoms with E-state index in [2.05, 4.69) is 9.72 Å². The van der Waals surface area contributed by atoms with Crippen molar-refractivity contribution in [3.63, 3.8) is 0 Å². The molecule has 0 N–H and O–H groups in total. The second-order valence-corrected chi connectivity index (χ2v) is 3.62.